The van der Waals surface area contributed by atoms with Gasteiger partial charge in [-0.1, -0.05) is 19.3 Å². The van der Waals surface area contributed by atoms with Crippen LogP contribution in [0.5, 0.6) is 0 Å². The highest BCUT2D eigenvalue weighted by Crippen LogP contribution is 2.39. The zero-order valence-corrected chi connectivity index (χ0v) is 16.3. The van der Waals surface area contributed by atoms with Crippen molar-refractivity contribution in [1.82, 2.24) is 19.4 Å². The van der Waals surface area contributed by atoms with Crippen LogP contribution >= 0.6 is 0 Å². The first-order valence-electron chi connectivity index (χ1n) is 10.7. The number of hydrogen-bond acceptors (Lipinski definition) is 3. The Balaban J connectivity index is 1.43. The lowest BCUT2D eigenvalue weighted by molar-refractivity contribution is -0.139. The smallest absolute Gasteiger partial charge is 0.222 e. The minimum atomic E-state index is 0.317. The predicted molar refractivity (Wildman–Crippen MR) is 103 cm³/mol. The molecule has 3 heterocycles. The lowest BCUT2D eigenvalue weighted by Gasteiger charge is -2.48. The molecule has 5 heteroatoms. The average Bonchev–Trinajstić information content (AvgIpc) is 3.13. The highest BCUT2D eigenvalue weighted by molar-refractivity contribution is 5.77. The van der Waals surface area contributed by atoms with Crippen LogP contribution in [0.3, 0.4) is 0 Å². The number of rotatable bonds is 4. The van der Waals surface area contributed by atoms with Crippen molar-refractivity contribution >= 4 is 5.91 Å². The number of hydrogen-bond donors (Lipinski definition) is 0. The summed E-state index contributed by atoms with van der Waals surface area (Å²) in [6.45, 7) is 7.25. The molecule has 0 N–H and O–H groups in total. The van der Waals surface area contributed by atoms with Gasteiger partial charge in [-0.3, -0.25) is 9.69 Å². The fourth-order valence-corrected chi connectivity index (χ4v) is 5.54. The maximum absolute atomic E-state index is 12.1. The highest BCUT2D eigenvalue weighted by atomic mass is 16.2. The lowest BCUT2D eigenvalue weighted by atomic mass is 9.73. The Labute approximate surface area is 157 Å². The van der Waals surface area contributed by atoms with E-state index in [-0.39, 0.29) is 0 Å². The largest absolute Gasteiger partial charge is 0.342 e. The summed E-state index contributed by atoms with van der Waals surface area (Å²) >= 11 is 0. The van der Waals surface area contributed by atoms with Gasteiger partial charge in [0.2, 0.25) is 5.91 Å². The van der Waals surface area contributed by atoms with E-state index in [2.05, 4.69) is 38.8 Å². The number of likely N-dealkylation sites (tertiary alicyclic amines) is 2. The zero-order valence-electron chi connectivity index (χ0n) is 16.3. The minimum absolute atomic E-state index is 0.317. The van der Waals surface area contributed by atoms with Crippen LogP contribution in [0.25, 0.3) is 0 Å². The SMILES string of the molecule is CCN1C[C@@]2(CCCN(Cc3cncn3C3CCCCC3)C2)CCC1=O. The van der Waals surface area contributed by atoms with Crippen LogP contribution in [0.1, 0.15) is 76.4 Å². The lowest BCUT2D eigenvalue weighted by Crippen LogP contribution is -2.53. The van der Waals surface area contributed by atoms with Crippen molar-refractivity contribution in [2.75, 3.05) is 26.2 Å². The van der Waals surface area contributed by atoms with Gasteiger partial charge in [0.15, 0.2) is 0 Å². The molecule has 3 fully saturated rings. The first kappa shape index (κ1) is 18.0. The number of imidazole rings is 1. The molecule has 2 saturated heterocycles. The number of nitrogens with zero attached hydrogens (tertiary/aromatic N) is 4. The molecule has 1 aromatic rings. The molecule has 1 aliphatic carbocycles. The second-order valence-electron chi connectivity index (χ2n) is 8.81. The Hall–Kier alpha value is -1.36. The first-order chi connectivity index (χ1) is 12.7. The Bertz CT molecular complexity index is 621. The van der Waals surface area contributed by atoms with Crippen molar-refractivity contribution in [2.45, 2.75) is 77.3 Å². The van der Waals surface area contributed by atoms with Gasteiger partial charge >= 0.3 is 0 Å². The van der Waals surface area contributed by atoms with Gasteiger partial charge in [0, 0.05) is 50.3 Å². The number of amides is 1. The summed E-state index contributed by atoms with van der Waals surface area (Å²) in [6, 6.07) is 0.655. The molecular weight excluding hydrogens is 324 g/mol. The number of piperidine rings is 2. The van der Waals surface area contributed by atoms with E-state index in [9.17, 15) is 4.79 Å². The molecule has 0 aromatic carbocycles. The van der Waals surface area contributed by atoms with Crippen LogP contribution in [-0.2, 0) is 11.3 Å². The van der Waals surface area contributed by atoms with Crippen LogP contribution in [0.15, 0.2) is 12.5 Å². The van der Waals surface area contributed by atoms with Gasteiger partial charge in [-0.25, -0.2) is 4.98 Å². The molecule has 5 nitrogen and oxygen atoms in total. The van der Waals surface area contributed by atoms with E-state index >= 15 is 0 Å². The molecule has 1 saturated carbocycles. The molecule has 1 atom stereocenters. The van der Waals surface area contributed by atoms with E-state index in [0.717, 1.165) is 39.0 Å². The van der Waals surface area contributed by atoms with Crippen LogP contribution in [0, 0.1) is 5.41 Å². The molecule has 3 aliphatic rings. The molecule has 1 spiro atoms. The summed E-state index contributed by atoms with van der Waals surface area (Å²) < 4.78 is 2.46. The number of carbonyl (C=O) groups is 1. The average molecular weight is 359 g/mol. The third-order valence-corrected chi connectivity index (χ3v) is 6.97. The summed E-state index contributed by atoms with van der Waals surface area (Å²) in [7, 11) is 0. The Morgan fingerprint density at radius 1 is 1.15 bits per heavy atom. The normalized spacial score (nSPS) is 28.8. The molecule has 0 bridgehead atoms. The summed E-state index contributed by atoms with van der Waals surface area (Å²) in [4.78, 5) is 21.3. The van der Waals surface area contributed by atoms with E-state index in [4.69, 9.17) is 0 Å². The summed E-state index contributed by atoms with van der Waals surface area (Å²) in [5.74, 6) is 0.352. The molecule has 4 rings (SSSR count). The third-order valence-electron chi connectivity index (χ3n) is 6.97. The van der Waals surface area contributed by atoms with Gasteiger partial charge in [0.25, 0.3) is 0 Å². The van der Waals surface area contributed by atoms with Gasteiger partial charge in [-0.2, -0.15) is 0 Å². The molecule has 26 heavy (non-hydrogen) atoms. The summed E-state index contributed by atoms with van der Waals surface area (Å²) in [6.07, 6.45) is 15.2. The second kappa shape index (κ2) is 7.71. The van der Waals surface area contributed by atoms with Crippen LogP contribution in [0.2, 0.25) is 0 Å². The maximum atomic E-state index is 12.1. The monoisotopic (exact) mass is 358 g/mol. The van der Waals surface area contributed by atoms with Crippen molar-refractivity contribution in [3.05, 3.63) is 18.2 Å². The quantitative estimate of drug-likeness (QED) is 0.825. The van der Waals surface area contributed by atoms with E-state index in [1.807, 2.05) is 0 Å². The Morgan fingerprint density at radius 2 is 2.00 bits per heavy atom. The molecule has 1 amide bonds. The van der Waals surface area contributed by atoms with Gasteiger partial charge in [0.05, 0.1) is 12.0 Å². The molecular formula is C21H34N4O. The standard InChI is InChI=1S/C21H34N4O/c1-2-24-16-21(11-9-20(24)26)10-6-12-23(15-21)14-19-13-22-17-25(19)18-7-4-3-5-8-18/h13,17-18H,2-12,14-16H2,1H3/t21-/m0/s1. The maximum Gasteiger partial charge on any atom is 0.222 e. The Morgan fingerprint density at radius 3 is 2.81 bits per heavy atom. The third kappa shape index (κ3) is 3.68. The molecule has 2 aliphatic heterocycles. The van der Waals surface area contributed by atoms with E-state index in [1.165, 1.54) is 57.2 Å². The van der Waals surface area contributed by atoms with Crippen LogP contribution in [0.4, 0.5) is 0 Å². The van der Waals surface area contributed by atoms with Crippen molar-refractivity contribution in [3.63, 3.8) is 0 Å². The molecule has 0 radical (unpaired) electrons. The number of carbonyl (C=O) groups excluding carboxylic acids is 1. The molecule has 1 aromatic heterocycles. The van der Waals surface area contributed by atoms with Crippen molar-refractivity contribution in [1.29, 1.82) is 0 Å². The first-order valence-corrected chi connectivity index (χ1v) is 10.7. The topological polar surface area (TPSA) is 41.4 Å². The minimum Gasteiger partial charge on any atom is -0.342 e. The van der Waals surface area contributed by atoms with Gasteiger partial charge in [0.1, 0.15) is 0 Å². The van der Waals surface area contributed by atoms with Crippen LogP contribution < -0.4 is 0 Å². The van der Waals surface area contributed by atoms with Crippen molar-refractivity contribution in [3.8, 4) is 0 Å². The molecule has 0 unspecified atom stereocenters. The zero-order chi connectivity index (χ0) is 18.0. The van der Waals surface area contributed by atoms with Crippen LogP contribution in [-0.4, -0.2) is 51.4 Å². The van der Waals surface area contributed by atoms with Crippen molar-refractivity contribution < 1.29 is 4.79 Å². The van der Waals surface area contributed by atoms with Crippen molar-refractivity contribution in [2.24, 2.45) is 5.41 Å². The van der Waals surface area contributed by atoms with Gasteiger partial charge in [-0.05, 0) is 45.6 Å². The van der Waals surface area contributed by atoms with E-state index in [0.29, 0.717) is 17.4 Å². The fraction of sp³-hybridized carbons (Fsp3) is 0.810. The number of aromatic nitrogens is 2. The summed E-state index contributed by atoms with van der Waals surface area (Å²) in [5, 5.41) is 0. The Kier molecular flexibility index (Phi) is 5.35. The van der Waals surface area contributed by atoms with E-state index in [1.54, 1.807) is 0 Å². The summed E-state index contributed by atoms with van der Waals surface area (Å²) in [5.41, 5.74) is 1.70. The second-order valence-corrected chi connectivity index (χ2v) is 8.81. The fourth-order valence-electron chi connectivity index (χ4n) is 5.54. The molecule has 144 valence electrons. The van der Waals surface area contributed by atoms with E-state index < -0.39 is 0 Å². The van der Waals surface area contributed by atoms with Gasteiger partial charge < -0.3 is 9.47 Å². The highest BCUT2D eigenvalue weighted by Gasteiger charge is 2.41. The predicted octanol–water partition coefficient (Wildman–Crippen LogP) is 3.61. The van der Waals surface area contributed by atoms with Gasteiger partial charge in [-0.15, -0.1) is 0 Å².